The number of benzene rings is 1. The van der Waals surface area contributed by atoms with E-state index in [4.69, 9.17) is 4.42 Å². The lowest BCUT2D eigenvalue weighted by Gasteiger charge is -2.33. The molecule has 7 heteroatoms. The third-order valence-corrected chi connectivity index (χ3v) is 5.14. The molecule has 1 aliphatic carbocycles. The van der Waals surface area contributed by atoms with Crippen LogP contribution >= 0.6 is 0 Å². The standard InChI is InChI=1S/C21H27N3O4/c1-3-15-9-11-16(12-10-15)22-21(26)24(17-7-5-4-6-8-17)13-19-23-18(14-28-19)20(25)27-2/h9-12,14,17H,3-8,13H2,1-2H3,(H,22,26). The molecule has 0 saturated heterocycles. The molecule has 1 heterocycles. The first-order chi connectivity index (χ1) is 13.6. The highest BCUT2D eigenvalue weighted by molar-refractivity contribution is 5.89. The van der Waals surface area contributed by atoms with Gasteiger partial charge in [0.1, 0.15) is 6.26 Å². The van der Waals surface area contributed by atoms with Crippen molar-refractivity contribution in [2.45, 2.75) is 58.0 Å². The molecule has 2 aromatic rings. The molecule has 28 heavy (non-hydrogen) atoms. The summed E-state index contributed by atoms with van der Waals surface area (Å²) in [6.45, 7) is 2.30. The van der Waals surface area contributed by atoms with Gasteiger partial charge in [0.15, 0.2) is 5.69 Å². The van der Waals surface area contributed by atoms with Crippen LogP contribution in [0.4, 0.5) is 10.5 Å². The molecule has 0 aliphatic heterocycles. The number of anilines is 1. The normalized spacial score (nSPS) is 14.5. The molecule has 1 aliphatic rings. The van der Waals surface area contributed by atoms with Gasteiger partial charge in [-0.1, -0.05) is 38.3 Å². The Balaban J connectivity index is 1.74. The summed E-state index contributed by atoms with van der Waals surface area (Å²) in [7, 11) is 1.29. The van der Waals surface area contributed by atoms with E-state index in [-0.39, 0.29) is 24.3 Å². The van der Waals surface area contributed by atoms with Crippen molar-refractivity contribution in [2.75, 3.05) is 12.4 Å². The van der Waals surface area contributed by atoms with E-state index in [0.717, 1.165) is 37.8 Å². The number of esters is 1. The van der Waals surface area contributed by atoms with Crippen LogP contribution in [0.15, 0.2) is 34.9 Å². The Labute approximate surface area is 165 Å². The minimum atomic E-state index is -0.556. The minimum absolute atomic E-state index is 0.108. The van der Waals surface area contributed by atoms with Gasteiger partial charge in [-0.2, -0.15) is 0 Å². The van der Waals surface area contributed by atoms with Gasteiger partial charge in [-0.3, -0.25) is 0 Å². The number of nitrogens with one attached hydrogen (secondary N) is 1. The van der Waals surface area contributed by atoms with Crippen LogP contribution in [0.5, 0.6) is 0 Å². The molecule has 0 bridgehead atoms. The van der Waals surface area contributed by atoms with Crippen LogP contribution in [0, 0.1) is 0 Å². The molecule has 0 spiro atoms. The maximum atomic E-state index is 13.0. The molecule has 0 atom stereocenters. The van der Waals surface area contributed by atoms with Crippen LogP contribution in [-0.4, -0.2) is 35.0 Å². The van der Waals surface area contributed by atoms with Gasteiger partial charge in [-0.25, -0.2) is 14.6 Å². The zero-order chi connectivity index (χ0) is 19.9. The second kappa shape index (κ2) is 9.39. The minimum Gasteiger partial charge on any atom is -0.464 e. The summed E-state index contributed by atoms with van der Waals surface area (Å²) in [5.41, 5.74) is 2.08. The predicted octanol–water partition coefficient (Wildman–Crippen LogP) is 4.39. The largest absolute Gasteiger partial charge is 0.464 e. The fourth-order valence-electron chi connectivity index (χ4n) is 3.51. The molecule has 0 radical (unpaired) electrons. The number of rotatable bonds is 6. The summed E-state index contributed by atoms with van der Waals surface area (Å²) in [4.78, 5) is 30.6. The maximum absolute atomic E-state index is 13.0. The smallest absolute Gasteiger partial charge is 0.360 e. The van der Waals surface area contributed by atoms with Crippen LogP contribution < -0.4 is 5.32 Å². The molecule has 1 saturated carbocycles. The Morgan fingerprint density at radius 3 is 2.57 bits per heavy atom. The fraction of sp³-hybridized carbons (Fsp3) is 0.476. The van der Waals surface area contributed by atoms with E-state index in [1.807, 2.05) is 24.3 Å². The van der Waals surface area contributed by atoms with Gasteiger partial charge in [0.2, 0.25) is 5.89 Å². The molecule has 1 N–H and O–H groups in total. The number of carbonyl (C=O) groups is 2. The van der Waals surface area contributed by atoms with Gasteiger partial charge in [-0.15, -0.1) is 0 Å². The Hall–Kier alpha value is -2.83. The first kappa shape index (κ1) is 19.9. The number of urea groups is 1. The highest BCUT2D eigenvalue weighted by Gasteiger charge is 2.27. The zero-order valence-corrected chi connectivity index (χ0v) is 16.4. The van der Waals surface area contributed by atoms with Gasteiger partial charge >= 0.3 is 12.0 Å². The quantitative estimate of drug-likeness (QED) is 0.746. The maximum Gasteiger partial charge on any atom is 0.360 e. The molecule has 7 nitrogen and oxygen atoms in total. The van der Waals surface area contributed by atoms with Crippen LogP contribution in [0.2, 0.25) is 0 Å². The van der Waals surface area contributed by atoms with Crippen LogP contribution in [0.1, 0.15) is 61.0 Å². The molecule has 150 valence electrons. The van der Waals surface area contributed by atoms with Crippen molar-refractivity contribution in [2.24, 2.45) is 0 Å². The predicted molar refractivity (Wildman–Crippen MR) is 105 cm³/mol. The van der Waals surface area contributed by atoms with Gasteiger partial charge in [0, 0.05) is 11.7 Å². The van der Waals surface area contributed by atoms with Gasteiger partial charge in [0.25, 0.3) is 0 Å². The van der Waals surface area contributed by atoms with Crippen molar-refractivity contribution in [3.05, 3.63) is 47.7 Å². The number of aromatic nitrogens is 1. The van der Waals surface area contributed by atoms with E-state index in [9.17, 15) is 9.59 Å². The lowest BCUT2D eigenvalue weighted by atomic mass is 9.94. The topological polar surface area (TPSA) is 84.7 Å². The third-order valence-electron chi connectivity index (χ3n) is 5.14. The molecule has 1 fully saturated rings. The van der Waals surface area contributed by atoms with Gasteiger partial charge in [-0.05, 0) is 37.0 Å². The Kier molecular flexibility index (Phi) is 6.68. The summed E-state index contributed by atoms with van der Waals surface area (Å²) >= 11 is 0. The SMILES string of the molecule is CCc1ccc(NC(=O)N(Cc2nc(C(=O)OC)co2)C2CCCCC2)cc1. The van der Waals surface area contributed by atoms with E-state index in [1.54, 1.807) is 4.90 Å². The average molecular weight is 385 g/mol. The first-order valence-electron chi connectivity index (χ1n) is 9.80. The molecule has 3 rings (SSSR count). The average Bonchev–Trinajstić information content (AvgIpc) is 3.21. The van der Waals surface area contributed by atoms with Crippen molar-refractivity contribution in [3.8, 4) is 0 Å². The van der Waals surface area contributed by atoms with Crippen molar-refractivity contribution in [1.82, 2.24) is 9.88 Å². The summed E-state index contributed by atoms with van der Waals surface area (Å²) in [6.07, 6.45) is 7.50. The van der Waals surface area contributed by atoms with Crippen LogP contribution in [-0.2, 0) is 17.7 Å². The van der Waals surface area contributed by atoms with Crippen molar-refractivity contribution in [1.29, 1.82) is 0 Å². The van der Waals surface area contributed by atoms with Crippen LogP contribution in [0.25, 0.3) is 0 Å². The number of hydrogen-bond donors (Lipinski definition) is 1. The van der Waals surface area contributed by atoms with Gasteiger partial charge in [0.05, 0.1) is 13.7 Å². The van der Waals surface area contributed by atoms with Crippen LogP contribution in [0.3, 0.4) is 0 Å². The van der Waals surface area contributed by atoms with Crippen molar-refractivity contribution >= 4 is 17.7 Å². The molecular weight excluding hydrogens is 358 g/mol. The van der Waals surface area contributed by atoms with Gasteiger partial charge < -0.3 is 19.4 Å². The number of nitrogens with zero attached hydrogens (tertiary/aromatic N) is 2. The fourth-order valence-corrected chi connectivity index (χ4v) is 3.51. The second-order valence-electron chi connectivity index (χ2n) is 7.02. The van der Waals surface area contributed by atoms with E-state index < -0.39 is 5.97 Å². The summed E-state index contributed by atoms with van der Waals surface area (Å²) in [6, 6.07) is 7.78. The highest BCUT2D eigenvalue weighted by Crippen LogP contribution is 2.25. The number of oxazole rings is 1. The molecule has 2 amide bonds. The third kappa shape index (κ3) is 4.91. The summed E-state index contributed by atoms with van der Waals surface area (Å²) in [5, 5.41) is 2.98. The van der Waals surface area contributed by atoms with E-state index in [0.29, 0.717) is 5.89 Å². The summed E-state index contributed by atoms with van der Waals surface area (Å²) in [5.74, 6) is -0.234. The lowest BCUT2D eigenvalue weighted by Crippen LogP contribution is -2.43. The van der Waals surface area contributed by atoms with Crippen molar-refractivity contribution < 1.29 is 18.7 Å². The number of hydrogen-bond acceptors (Lipinski definition) is 5. The lowest BCUT2D eigenvalue weighted by molar-refractivity contribution is 0.0594. The molecule has 0 unspecified atom stereocenters. The number of aryl methyl sites for hydroxylation is 1. The van der Waals surface area contributed by atoms with E-state index >= 15 is 0 Å². The Morgan fingerprint density at radius 2 is 1.93 bits per heavy atom. The molecule has 1 aromatic carbocycles. The Morgan fingerprint density at radius 1 is 1.21 bits per heavy atom. The van der Waals surface area contributed by atoms with E-state index in [2.05, 4.69) is 22.0 Å². The zero-order valence-electron chi connectivity index (χ0n) is 16.4. The molecule has 1 aromatic heterocycles. The summed E-state index contributed by atoms with van der Waals surface area (Å²) < 4.78 is 10.1. The first-order valence-corrected chi connectivity index (χ1v) is 9.80. The number of methoxy groups -OCH3 is 1. The Bertz CT molecular complexity index is 794. The number of ether oxygens (including phenoxy) is 1. The second-order valence-corrected chi connectivity index (χ2v) is 7.02. The van der Waals surface area contributed by atoms with Crippen molar-refractivity contribution in [3.63, 3.8) is 0 Å². The monoisotopic (exact) mass is 385 g/mol. The van der Waals surface area contributed by atoms with E-state index in [1.165, 1.54) is 25.4 Å². The number of amides is 2. The molecular formula is C21H27N3O4. The highest BCUT2D eigenvalue weighted by atomic mass is 16.5. The number of carbonyl (C=O) groups excluding carboxylic acids is 2.